The lowest BCUT2D eigenvalue weighted by atomic mass is 10.1. The average Bonchev–Trinajstić information content (AvgIpc) is 3.05. The fraction of sp³-hybridized carbons (Fsp3) is 0.250. The molecule has 0 saturated carbocycles. The number of H-pyrrole nitrogens is 1. The van der Waals surface area contributed by atoms with Crippen LogP contribution in [-0.4, -0.2) is 43.1 Å². The predicted octanol–water partition coefficient (Wildman–Crippen LogP) is 3.17. The molecular formula is C20H20N2O3S. The molecule has 1 N–H and O–H groups in total. The third-order valence-electron chi connectivity index (χ3n) is 5.00. The number of nitrogens with one attached hydrogen (secondary N) is 1. The maximum atomic E-state index is 12.9. The van der Waals surface area contributed by atoms with Gasteiger partial charge in [-0.05, 0) is 36.2 Å². The summed E-state index contributed by atoms with van der Waals surface area (Å²) < 4.78 is 25.4. The molecule has 1 unspecified atom stereocenters. The van der Waals surface area contributed by atoms with Crippen LogP contribution in [0.3, 0.4) is 0 Å². The van der Waals surface area contributed by atoms with Crippen molar-refractivity contribution in [2.24, 2.45) is 0 Å². The molecule has 1 aliphatic rings. The van der Waals surface area contributed by atoms with E-state index in [0.29, 0.717) is 18.5 Å². The Labute approximate surface area is 152 Å². The zero-order chi connectivity index (χ0) is 18.1. The lowest BCUT2D eigenvalue weighted by molar-refractivity contribution is 0.0766. The quantitative estimate of drug-likeness (QED) is 0.755. The molecule has 0 radical (unpaired) electrons. The molecule has 0 aliphatic carbocycles. The molecule has 1 amide bonds. The van der Waals surface area contributed by atoms with Gasteiger partial charge in [-0.1, -0.05) is 30.3 Å². The highest BCUT2D eigenvalue weighted by Crippen LogP contribution is 2.29. The fourth-order valence-corrected chi connectivity index (χ4v) is 5.35. The first-order valence-electron chi connectivity index (χ1n) is 8.67. The highest BCUT2D eigenvalue weighted by molar-refractivity contribution is 7.91. The van der Waals surface area contributed by atoms with Crippen LogP contribution in [0.15, 0.2) is 60.8 Å². The molecule has 1 aromatic heterocycles. The number of amides is 1. The minimum Gasteiger partial charge on any atom is -0.361 e. The molecule has 0 spiro atoms. The first kappa shape index (κ1) is 16.8. The molecule has 2 aromatic carbocycles. The van der Waals surface area contributed by atoms with Gasteiger partial charge >= 0.3 is 0 Å². The number of carbonyl (C=O) groups is 1. The van der Waals surface area contributed by atoms with E-state index in [2.05, 4.69) is 4.98 Å². The van der Waals surface area contributed by atoms with Gasteiger partial charge in [-0.3, -0.25) is 4.79 Å². The van der Waals surface area contributed by atoms with Crippen molar-refractivity contribution >= 4 is 26.6 Å². The van der Waals surface area contributed by atoms with E-state index in [9.17, 15) is 13.2 Å². The number of fused-ring (bicyclic) bond motifs is 1. The minimum absolute atomic E-state index is 0.00923. The first-order chi connectivity index (χ1) is 12.5. The van der Waals surface area contributed by atoms with Crippen LogP contribution in [0.2, 0.25) is 0 Å². The molecular weight excluding hydrogens is 348 g/mol. The van der Waals surface area contributed by atoms with Crippen molar-refractivity contribution in [1.82, 2.24) is 9.88 Å². The summed E-state index contributed by atoms with van der Waals surface area (Å²) in [6.45, 7) is 0.665. The molecule has 1 atom stereocenters. The van der Waals surface area contributed by atoms with Crippen LogP contribution in [0.4, 0.5) is 0 Å². The van der Waals surface area contributed by atoms with E-state index < -0.39 is 15.1 Å². The van der Waals surface area contributed by atoms with Crippen molar-refractivity contribution in [2.45, 2.75) is 11.7 Å². The molecule has 26 heavy (non-hydrogen) atoms. The van der Waals surface area contributed by atoms with E-state index in [0.717, 1.165) is 16.5 Å². The van der Waals surface area contributed by atoms with Gasteiger partial charge in [-0.25, -0.2) is 8.42 Å². The summed E-state index contributed by atoms with van der Waals surface area (Å²) in [4.78, 5) is 17.7. The number of aromatic amines is 1. The largest absolute Gasteiger partial charge is 0.361 e. The number of nitrogens with zero attached hydrogens (tertiary/aromatic N) is 1. The Morgan fingerprint density at radius 3 is 2.65 bits per heavy atom. The molecule has 6 heteroatoms. The number of carbonyl (C=O) groups excluding carboxylic acids is 1. The standard InChI is InChI=1S/C20H20N2O3S/c23-20(17-6-7-18-16(14-17)8-10-21-18)22-11-9-19(26(24,25)13-12-22)15-4-2-1-3-5-15/h1-8,10,14,19,21H,9,11-13H2. The van der Waals surface area contributed by atoms with Crippen molar-refractivity contribution in [1.29, 1.82) is 0 Å². The van der Waals surface area contributed by atoms with Gasteiger partial charge in [-0.2, -0.15) is 0 Å². The number of sulfone groups is 1. The second-order valence-corrected chi connectivity index (χ2v) is 8.93. The van der Waals surface area contributed by atoms with Crippen molar-refractivity contribution in [3.05, 3.63) is 71.9 Å². The number of benzene rings is 2. The third kappa shape index (κ3) is 3.12. The van der Waals surface area contributed by atoms with E-state index >= 15 is 0 Å². The summed E-state index contributed by atoms with van der Waals surface area (Å²) in [5.74, 6) is -0.123. The van der Waals surface area contributed by atoms with Gasteiger partial charge in [0.1, 0.15) is 0 Å². The van der Waals surface area contributed by atoms with Crippen LogP contribution < -0.4 is 0 Å². The van der Waals surface area contributed by atoms with Gasteiger partial charge in [0.15, 0.2) is 9.84 Å². The van der Waals surface area contributed by atoms with Crippen LogP contribution in [0.1, 0.15) is 27.6 Å². The van der Waals surface area contributed by atoms with E-state index in [4.69, 9.17) is 0 Å². The topological polar surface area (TPSA) is 70.2 Å². The maximum Gasteiger partial charge on any atom is 0.253 e. The lowest BCUT2D eigenvalue weighted by Gasteiger charge is -2.20. The number of hydrogen-bond donors (Lipinski definition) is 1. The summed E-state index contributed by atoms with van der Waals surface area (Å²) in [6.07, 6.45) is 2.26. The summed E-state index contributed by atoms with van der Waals surface area (Å²) >= 11 is 0. The van der Waals surface area contributed by atoms with Crippen LogP contribution in [0.5, 0.6) is 0 Å². The van der Waals surface area contributed by atoms with Gasteiger partial charge in [-0.15, -0.1) is 0 Å². The average molecular weight is 368 g/mol. The number of rotatable bonds is 2. The SMILES string of the molecule is O=C(c1ccc2[nH]ccc2c1)N1CCC(c2ccccc2)S(=O)(=O)CC1. The van der Waals surface area contributed by atoms with Crippen molar-refractivity contribution in [3.8, 4) is 0 Å². The van der Waals surface area contributed by atoms with E-state index in [1.807, 2.05) is 54.7 Å². The van der Waals surface area contributed by atoms with Gasteiger partial charge in [0.25, 0.3) is 5.91 Å². The molecule has 1 saturated heterocycles. The van der Waals surface area contributed by atoms with Crippen LogP contribution in [0.25, 0.3) is 10.9 Å². The summed E-state index contributed by atoms with van der Waals surface area (Å²) in [6, 6.07) is 16.7. The molecule has 1 fully saturated rings. The fourth-order valence-electron chi connectivity index (χ4n) is 3.56. The Kier molecular flexibility index (Phi) is 4.28. The van der Waals surface area contributed by atoms with Crippen molar-refractivity contribution < 1.29 is 13.2 Å². The maximum absolute atomic E-state index is 12.9. The molecule has 3 aromatic rings. The Hall–Kier alpha value is -2.60. The third-order valence-corrected chi connectivity index (χ3v) is 7.13. The highest BCUT2D eigenvalue weighted by Gasteiger charge is 2.32. The van der Waals surface area contributed by atoms with Crippen LogP contribution >= 0.6 is 0 Å². The minimum atomic E-state index is -3.29. The second-order valence-electron chi connectivity index (χ2n) is 6.63. The van der Waals surface area contributed by atoms with E-state index in [1.54, 1.807) is 11.0 Å². The smallest absolute Gasteiger partial charge is 0.253 e. The second kappa shape index (κ2) is 6.61. The predicted molar refractivity (Wildman–Crippen MR) is 102 cm³/mol. The van der Waals surface area contributed by atoms with Crippen LogP contribution in [-0.2, 0) is 9.84 Å². The molecule has 4 rings (SSSR count). The number of hydrogen-bond acceptors (Lipinski definition) is 3. The Bertz CT molecular complexity index is 1040. The summed E-state index contributed by atoms with van der Waals surface area (Å²) in [5, 5.41) is 0.425. The van der Waals surface area contributed by atoms with Gasteiger partial charge < -0.3 is 9.88 Å². The lowest BCUT2D eigenvalue weighted by Crippen LogP contribution is -2.33. The van der Waals surface area contributed by atoms with E-state index in [1.165, 1.54) is 0 Å². The summed E-state index contributed by atoms with van der Waals surface area (Å²) in [5.41, 5.74) is 2.37. The highest BCUT2D eigenvalue weighted by atomic mass is 32.2. The Morgan fingerprint density at radius 2 is 1.85 bits per heavy atom. The monoisotopic (exact) mass is 368 g/mol. The van der Waals surface area contributed by atoms with Gasteiger partial charge in [0.05, 0.1) is 11.0 Å². The van der Waals surface area contributed by atoms with Crippen LogP contribution in [0, 0.1) is 0 Å². The molecule has 2 heterocycles. The van der Waals surface area contributed by atoms with Gasteiger partial charge in [0.2, 0.25) is 0 Å². The zero-order valence-electron chi connectivity index (χ0n) is 14.3. The Balaban J connectivity index is 1.58. The molecule has 0 bridgehead atoms. The first-order valence-corrected chi connectivity index (χ1v) is 10.4. The van der Waals surface area contributed by atoms with Gasteiger partial charge in [0, 0.05) is 35.8 Å². The van der Waals surface area contributed by atoms with E-state index in [-0.39, 0.29) is 18.2 Å². The Morgan fingerprint density at radius 1 is 1.04 bits per heavy atom. The summed E-state index contributed by atoms with van der Waals surface area (Å²) in [7, 11) is -3.29. The molecule has 134 valence electrons. The van der Waals surface area contributed by atoms with Crippen molar-refractivity contribution in [2.75, 3.05) is 18.8 Å². The molecule has 1 aliphatic heterocycles. The molecule has 5 nitrogen and oxygen atoms in total. The normalized spacial score (nSPS) is 20.0. The van der Waals surface area contributed by atoms with Crippen molar-refractivity contribution in [3.63, 3.8) is 0 Å². The zero-order valence-corrected chi connectivity index (χ0v) is 15.1. The number of aromatic nitrogens is 1.